The summed E-state index contributed by atoms with van der Waals surface area (Å²) < 4.78 is 39.3. The smallest absolute Gasteiger partial charge is 0.271 e. The number of thiophene rings is 1. The van der Waals surface area contributed by atoms with E-state index < -0.39 is 15.8 Å². The lowest BCUT2D eigenvalue weighted by Gasteiger charge is -2.07. The second-order valence-electron chi connectivity index (χ2n) is 3.28. The minimum absolute atomic E-state index is 0.124. The van der Waals surface area contributed by atoms with Crippen LogP contribution in [0, 0.1) is 5.82 Å². The van der Waals surface area contributed by atoms with E-state index in [9.17, 15) is 12.8 Å². The fourth-order valence-corrected chi connectivity index (χ4v) is 3.28. The van der Waals surface area contributed by atoms with Gasteiger partial charge in [-0.1, -0.05) is 6.07 Å². The fourth-order valence-electron chi connectivity index (χ4n) is 1.23. The van der Waals surface area contributed by atoms with Crippen LogP contribution in [0.3, 0.4) is 0 Å². The molecule has 90 valence electrons. The Morgan fingerprint density at radius 3 is 2.71 bits per heavy atom. The lowest BCUT2D eigenvalue weighted by Crippen LogP contribution is -2.12. The highest BCUT2D eigenvalue weighted by atomic mass is 32.2. The summed E-state index contributed by atoms with van der Waals surface area (Å²) in [5, 5.41) is 1.63. The maximum absolute atomic E-state index is 13.4. The topological polar surface area (TPSA) is 72.2 Å². The summed E-state index contributed by atoms with van der Waals surface area (Å²) in [7, 11) is -3.74. The molecule has 0 bridgehead atoms. The molecule has 0 spiro atoms. The first-order valence-electron chi connectivity index (χ1n) is 4.60. The van der Waals surface area contributed by atoms with Crippen molar-refractivity contribution in [3.63, 3.8) is 0 Å². The third-order valence-electron chi connectivity index (χ3n) is 1.99. The largest absolute Gasteiger partial charge is 0.399 e. The summed E-state index contributed by atoms with van der Waals surface area (Å²) >= 11 is 1.06. The molecule has 1 aromatic carbocycles. The average Bonchev–Trinajstić information content (AvgIpc) is 2.77. The van der Waals surface area contributed by atoms with Crippen LogP contribution in [0.5, 0.6) is 0 Å². The third kappa shape index (κ3) is 2.56. The Morgan fingerprint density at radius 1 is 1.29 bits per heavy atom. The SMILES string of the molecule is Nc1ccc(F)c(NS(=O)(=O)c2cccs2)c1. The van der Waals surface area contributed by atoms with Crippen molar-refractivity contribution in [2.24, 2.45) is 0 Å². The minimum atomic E-state index is -3.74. The Balaban J connectivity index is 2.36. The molecular weight excluding hydrogens is 263 g/mol. The van der Waals surface area contributed by atoms with Gasteiger partial charge in [0.05, 0.1) is 5.69 Å². The van der Waals surface area contributed by atoms with Gasteiger partial charge < -0.3 is 5.73 Å². The van der Waals surface area contributed by atoms with Crippen molar-refractivity contribution in [3.8, 4) is 0 Å². The van der Waals surface area contributed by atoms with E-state index in [1.165, 1.54) is 18.2 Å². The first-order chi connectivity index (χ1) is 7.99. The van der Waals surface area contributed by atoms with Crippen LogP contribution in [-0.2, 0) is 10.0 Å². The Bertz CT molecular complexity index is 624. The number of nitrogens with one attached hydrogen (secondary N) is 1. The molecule has 0 saturated carbocycles. The van der Waals surface area contributed by atoms with Crippen LogP contribution in [0.1, 0.15) is 0 Å². The van der Waals surface area contributed by atoms with Gasteiger partial charge >= 0.3 is 0 Å². The molecule has 0 amide bonds. The molecule has 2 rings (SSSR count). The van der Waals surface area contributed by atoms with E-state index in [0.29, 0.717) is 0 Å². The predicted molar refractivity (Wildman–Crippen MR) is 65.9 cm³/mol. The van der Waals surface area contributed by atoms with Crippen molar-refractivity contribution >= 4 is 32.7 Å². The normalized spacial score (nSPS) is 11.4. The Morgan fingerprint density at radius 2 is 2.06 bits per heavy atom. The fraction of sp³-hybridized carbons (Fsp3) is 0. The molecule has 3 N–H and O–H groups in total. The number of nitrogen functional groups attached to an aromatic ring is 1. The Hall–Kier alpha value is -1.60. The van der Waals surface area contributed by atoms with Gasteiger partial charge in [-0.3, -0.25) is 4.72 Å². The van der Waals surface area contributed by atoms with Crippen LogP contribution in [0.25, 0.3) is 0 Å². The maximum Gasteiger partial charge on any atom is 0.271 e. The van der Waals surface area contributed by atoms with Crippen LogP contribution in [0.2, 0.25) is 0 Å². The van der Waals surface area contributed by atoms with Crippen molar-refractivity contribution in [3.05, 3.63) is 41.5 Å². The number of sulfonamides is 1. The number of anilines is 2. The van der Waals surface area contributed by atoms with Gasteiger partial charge in [0.1, 0.15) is 10.0 Å². The second kappa shape index (κ2) is 4.34. The lowest BCUT2D eigenvalue weighted by atomic mass is 10.3. The highest BCUT2D eigenvalue weighted by Gasteiger charge is 2.17. The molecule has 0 fully saturated rings. The van der Waals surface area contributed by atoms with E-state index in [2.05, 4.69) is 4.72 Å². The molecule has 1 aromatic heterocycles. The minimum Gasteiger partial charge on any atom is -0.399 e. The highest BCUT2D eigenvalue weighted by Crippen LogP contribution is 2.23. The lowest BCUT2D eigenvalue weighted by molar-refractivity contribution is 0.600. The summed E-state index contributed by atoms with van der Waals surface area (Å²) in [6.45, 7) is 0. The van der Waals surface area contributed by atoms with Gasteiger partial charge in [-0.05, 0) is 29.6 Å². The molecule has 0 aliphatic rings. The molecule has 0 aliphatic heterocycles. The second-order valence-corrected chi connectivity index (χ2v) is 6.13. The van der Waals surface area contributed by atoms with Gasteiger partial charge in [0.2, 0.25) is 0 Å². The van der Waals surface area contributed by atoms with E-state index >= 15 is 0 Å². The summed E-state index contributed by atoms with van der Waals surface area (Å²) in [6.07, 6.45) is 0. The molecule has 4 nitrogen and oxygen atoms in total. The predicted octanol–water partition coefficient (Wildman–Crippen LogP) is 2.27. The van der Waals surface area contributed by atoms with E-state index in [-0.39, 0.29) is 15.6 Å². The molecule has 0 atom stereocenters. The summed E-state index contributed by atoms with van der Waals surface area (Å²) in [5.41, 5.74) is 5.60. The third-order valence-corrected chi connectivity index (χ3v) is 4.76. The van der Waals surface area contributed by atoms with E-state index in [4.69, 9.17) is 5.73 Å². The molecule has 0 saturated heterocycles. The molecule has 0 radical (unpaired) electrons. The molecule has 0 unspecified atom stereocenters. The van der Waals surface area contributed by atoms with Crippen LogP contribution in [-0.4, -0.2) is 8.42 Å². The highest BCUT2D eigenvalue weighted by molar-refractivity contribution is 7.94. The summed E-state index contributed by atoms with van der Waals surface area (Å²) in [6, 6.07) is 6.76. The number of benzene rings is 1. The van der Waals surface area contributed by atoms with Crippen molar-refractivity contribution < 1.29 is 12.8 Å². The van der Waals surface area contributed by atoms with Gasteiger partial charge in [-0.15, -0.1) is 11.3 Å². The van der Waals surface area contributed by atoms with Crippen LogP contribution >= 0.6 is 11.3 Å². The number of hydrogen-bond donors (Lipinski definition) is 2. The van der Waals surface area contributed by atoms with Gasteiger partial charge in [0, 0.05) is 5.69 Å². The molecule has 0 aliphatic carbocycles. The Labute approximate surface area is 102 Å². The first-order valence-corrected chi connectivity index (χ1v) is 6.97. The molecule has 7 heteroatoms. The van der Waals surface area contributed by atoms with Gasteiger partial charge in [-0.2, -0.15) is 0 Å². The number of nitrogens with two attached hydrogens (primary N) is 1. The number of rotatable bonds is 3. The monoisotopic (exact) mass is 272 g/mol. The van der Waals surface area contributed by atoms with Crippen LogP contribution in [0.4, 0.5) is 15.8 Å². The van der Waals surface area contributed by atoms with E-state index in [1.807, 2.05) is 0 Å². The van der Waals surface area contributed by atoms with Crippen LogP contribution < -0.4 is 10.5 Å². The quantitative estimate of drug-likeness (QED) is 0.842. The maximum atomic E-state index is 13.4. The Kier molecular flexibility index (Phi) is 3.03. The van der Waals surface area contributed by atoms with Crippen molar-refractivity contribution in [1.82, 2.24) is 0 Å². The van der Waals surface area contributed by atoms with Gasteiger partial charge in [0.25, 0.3) is 10.0 Å². The van der Waals surface area contributed by atoms with Crippen LogP contribution in [0.15, 0.2) is 39.9 Å². The van der Waals surface area contributed by atoms with E-state index in [1.54, 1.807) is 11.4 Å². The number of hydrogen-bond acceptors (Lipinski definition) is 4. The van der Waals surface area contributed by atoms with Crippen molar-refractivity contribution in [1.29, 1.82) is 0 Å². The van der Waals surface area contributed by atoms with Crippen molar-refractivity contribution in [2.45, 2.75) is 4.21 Å². The van der Waals surface area contributed by atoms with E-state index in [0.717, 1.165) is 17.4 Å². The average molecular weight is 272 g/mol. The molecule has 1 heterocycles. The first kappa shape index (κ1) is 11.9. The molecule has 17 heavy (non-hydrogen) atoms. The number of halogens is 1. The molecule has 2 aromatic rings. The zero-order valence-electron chi connectivity index (χ0n) is 8.55. The zero-order valence-corrected chi connectivity index (χ0v) is 10.2. The zero-order chi connectivity index (χ0) is 12.5. The summed E-state index contributed by atoms with van der Waals surface area (Å²) in [5.74, 6) is -0.667. The summed E-state index contributed by atoms with van der Waals surface area (Å²) in [4.78, 5) is 0. The standard InChI is InChI=1S/C10H9FN2O2S2/c11-8-4-3-7(12)6-9(8)13-17(14,15)10-2-1-5-16-10/h1-6,13H,12H2. The molecular formula is C10H9FN2O2S2. The van der Waals surface area contributed by atoms with Crippen molar-refractivity contribution in [2.75, 3.05) is 10.5 Å². The van der Waals surface area contributed by atoms with Gasteiger partial charge in [-0.25, -0.2) is 12.8 Å². The van der Waals surface area contributed by atoms with Gasteiger partial charge in [0.15, 0.2) is 0 Å².